The van der Waals surface area contributed by atoms with Crippen LogP contribution in [-0.4, -0.2) is 37.5 Å². The second-order valence-electron chi connectivity index (χ2n) is 5.71. The van der Waals surface area contributed by atoms with Crippen LogP contribution in [0, 0.1) is 5.92 Å². The molecule has 6 heteroatoms. The topological polar surface area (TPSA) is 84.5 Å². The Balaban J connectivity index is 2.42. The summed E-state index contributed by atoms with van der Waals surface area (Å²) in [5, 5.41) is 5.13. The lowest BCUT2D eigenvalue weighted by Gasteiger charge is -2.18. The molecule has 0 aliphatic carbocycles. The van der Waals surface area contributed by atoms with Crippen LogP contribution < -0.4 is 10.6 Å². The number of ether oxygens (including phenoxy) is 1. The molecule has 0 spiro atoms. The maximum Gasteiger partial charge on any atom is 0.328 e. The van der Waals surface area contributed by atoms with Gasteiger partial charge < -0.3 is 15.4 Å². The molecule has 0 aliphatic heterocycles. The second-order valence-corrected chi connectivity index (χ2v) is 5.71. The van der Waals surface area contributed by atoms with Gasteiger partial charge in [-0.3, -0.25) is 9.59 Å². The molecular weight excluding hydrogens is 296 g/mol. The minimum absolute atomic E-state index is 0.169. The largest absolute Gasteiger partial charge is 0.467 e. The van der Waals surface area contributed by atoms with Crippen molar-refractivity contribution in [2.75, 3.05) is 13.7 Å². The predicted molar refractivity (Wildman–Crippen MR) is 86.6 cm³/mol. The first-order valence-electron chi connectivity index (χ1n) is 7.60. The fourth-order valence-electron chi connectivity index (χ4n) is 2.10. The van der Waals surface area contributed by atoms with Crippen LogP contribution in [-0.2, 0) is 25.5 Å². The van der Waals surface area contributed by atoms with Gasteiger partial charge in [0.05, 0.1) is 20.1 Å². The molecule has 23 heavy (non-hydrogen) atoms. The number of rotatable bonds is 8. The number of esters is 1. The van der Waals surface area contributed by atoms with Crippen molar-refractivity contribution in [3.63, 3.8) is 0 Å². The summed E-state index contributed by atoms with van der Waals surface area (Å²) in [6, 6.07) is 8.56. The molecule has 0 aliphatic rings. The van der Waals surface area contributed by atoms with Gasteiger partial charge in [-0.25, -0.2) is 4.79 Å². The monoisotopic (exact) mass is 320 g/mol. The van der Waals surface area contributed by atoms with Crippen LogP contribution in [0.5, 0.6) is 0 Å². The molecule has 0 saturated carbocycles. The van der Waals surface area contributed by atoms with E-state index in [1.54, 1.807) is 0 Å². The van der Waals surface area contributed by atoms with Crippen LogP contribution >= 0.6 is 0 Å². The molecule has 0 bridgehead atoms. The van der Waals surface area contributed by atoms with Crippen molar-refractivity contribution in [2.24, 2.45) is 5.92 Å². The van der Waals surface area contributed by atoms with Gasteiger partial charge in [-0.15, -0.1) is 0 Å². The molecule has 126 valence electrons. The molecule has 6 nitrogen and oxygen atoms in total. The zero-order valence-corrected chi connectivity index (χ0v) is 13.8. The molecule has 0 fully saturated rings. The molecule has 1 unspecified atom stereocenters. The molecule has 1 rings (SSSR count). The average molecular weight is 320 g/mol. The van der Waals surface area contributed by atoms with Gasteiger partial charge in [0.1, 0.15) is 6.04 Å². The summed E-state index contributed by atoms with van der Waals surface area (Å²) in [5.74, 6) is -0.915. The smallest absolute Gasteiger partial charge is 0.328 e. The maximum atomic E-state index is 11.9. The van der Waals surface area contributed by atoms with Gasteiger partial charge in [0.25, 0.3) is 0 Å². The van der Waals surface area contributed by atoms with Gasteiger partial charge in [0.2, 0.25) is 11.8 Å². The number of carbonyl (C=O) groups excluding carboxylic acids is 3. The van der Waals surface area contributed by atoms with Crippen LogP contribution in [0.25, 0.3) is 0 Å². The lowest BCUT2D eigenvalue weighted by atomic mass is 10.0. The molecule has 2 N–H and O–H groups in total. The SMILES string of the molecule is COC(=O)C(CC(C)C)NC(=O)CNC(=O)Cc1ccccc1. The fraction of sp³-hybridized carbons (Fsp3) is 0.471. The highest BCUT2D eigenvalue weighted by molar-refractivity contribution is 5.88. The first kappa shape index (κ1) is 18.7. The highest BCUT2D eigenvalue weighted by atomic mass is 16.5. The highest BCUT2D eigenvalue weighted by Crippen LogP contribution is 2.06. The van der Waals surface area contributed by atoms with Gasteiger partial charge in [-0.05, 0) is 17.9 Å². The van der Waals surface area contributed by atoms with Crippen molar-refractivity contribution in [3.05, 3.63) is 35.9 Å². The number of amides is 2. The summed E-state index contributed by atoms with van der Waals surface area (Å²) in [5.41, 5.74) is 0.873. The second kappa shape index (κ2) is 9.61. The number of hydrogen-bond acceptors (Lipinski definition) is 4. The zero-order chi connectivity index (χ0) is 17.2. The van der Waals surface area contributed by atoms with E-state index in [2.05, 4.69) is 15.4 Å². The zero-order valence-electron chi connectivity index (χ0n) is 13.8. The number of nitrogens with one attached hydrogen (secondary N) is 2. The Hall–Kier alpha value is -2.37. The minimum atomic E-state index is -0.696. The Bertz CT molecular complexity index is 529. The summed E-state index contributed by atoms with van der Waals surface area (Å²) < 4.78 is 4.68. The van der Waals surface area contributed by atoms with E-state index in [-0.39, 0.29) is 24.8 Å². The van der Waals surface area contributed by atoms with Crippen molar-refractivity contribution < 1.29 is 19.1 Å². The molecule has 1 aromatic rings. The van der Waals surface area contributed by atoms with E-state index in [0.717, 1.165) is 5.56 Å². The normalized spacial score (nSPS) is 11.7. The van der Waals surface area contributed by atoms with Crippen LogP contribution in [0.4, 0.5) is 0 Å². The lowest BCUT2D eigenvalue weighted by molar-refractivity contribution is -0.145. The molecule has 0 aromatic heterocycles. The van der Waals surface area contributed by atoms with Crippen molar-refractivity contribution in [3.8, 4) is 0 Å². The van der Waals surface area contributed by atoms with Crippen LogP contribution in [0.2, 0.25) is 0 Å². The predicted octanol–water partition coefficient (Wildman–Crippen LogP) is 1.05. The molecule has 2 amide bonds. The first-order chi connectivity index (χ1) is 10.9. The molecular formula is C17H24N2O4. The summed E-state index contributed by atoms with van der Waals surface area (Å²) in [4.78, 5) is 35.3. The third kappa shape index (κ3) is 7.44. The van der Waals surface area contributed by atoms with E-state index in [0.29, 0.717) is 6.42 Å². The van der Waals surface area contributed by atoms with E-state index in [9.17, 15) is 14.4 Å². The van der Waals surface area contributed by atoms with Crippen LogP contribution in [0.3, 0.4) is 0 Å². The molecule has 1 aromatic carbocycles. The molecule has 1 atom stereocenters. The van der Waals surface area contributed by atoms with Crippen molar-refractivity contribution >= 4 is 17.8 Å². The third-order valence-corrected chi connectivity index (χ3v) is 3.18. The summed E-state index contributed by atoms with van der Waals surface area (Å²) >= 11 is 0. The van der Waals surface area contributed by atoms with E-state index < -0.39 is 17.9 Å². The summed E-state index contributed by atoms with van der Waals surface area (Å²) in [7, 11) is 1.28. The lowest BCUT2D eigenvalue weighted by Crippen LogP contribution is -2.46. The van der Waals surface area contributed by atoms with Crippen molar-refractivity contribution in [1.29, 1.82) is 0 Å². The van der Waals surface area contributed by atoms with E-state index >= 15 is 0 Å². The fourth-order valence-corrected chi connectivity index (χ4v) is 2.10. The Morgan fingerprint density at radius 3 is 2.30 bits per heavy atom. The number of methoxy groups -OCH3 is 1. The van der Waals surface area contributed by atoms with E-state index in [4.69, 9.17) is 0 Å². The summed E-state index contributed by atoms with van der Waals surface area (Å²) in [6.07, 6.45) is 0.691. The van der Waals surface area contributed by atoms with Gasteiger partial charge in [-0.1, -0.05) is 44.2 Å². The van der Waals surface area contributed by atoms with Gasteiger partial charge >= 0.3 is 5.97 Å². The third-order valence-electron chi connectivity index (χ3n) is 3.18. The average Bonchev–Trinajstić information content (AvgIpc) is 2.52. The van der Waals surface area contributed by atoms with Crippen LogP contribution in [0.15, 0.2) is 30.3 Å². The Kier molecular flexibility index (Phi) is 7.80. The molecule has 0 radical (unpaired) electrons. The van der Waals surface area contributed by atoms with Gasteiger partial charge in [0.15, 0.2) is 0 Å². The minimum Gasteiger partial charge on any atom is -0.467 e. The standard InChI is InChI=1S/C17H24N2O4/c1-12(2)9-14(17(22)23-3)19-16(21)11-18-15(20)10-13-7-5-4-6-8-13/h4-8,12,14H,9-11H2,1-3H3,(H,18,20)(H,19,21). The van der Waals surface area contributed by atoms with Crippen LogP contribution in [0.1, 0.15) is 25.8 Å². The van der Waals surface area contributed by atoms with Gasteiger partial charge in [-0.2, -0.15) is 0 Å². The van der Waals surface area contributed by atoms with Crippen molar-refractivity contribution in [1.82, 2.24) is 10.6 Å². The quantitative estimate of drug-likeness (QED) is 0.701. The number of hydrogen-bond donors (Lipinski definition) is 2. The molecule has 0 heterocycles. The van der Waals surface area contributed by atoms with Crippen molar-refractivity contribution in [2.45, 2.75) is 32.7 Å². The summed E-state index contributed by atoms with van der Waals surface area (Å²) in [6.45, 7) is 3.73. The molecule has 0 saturated heterocycles. The highest BCUT2D eigenvalue weighted by Gasteiger charge is 2.22. The first-order valence-corrected chi connectivity index (χ1v) is 7.60. The number of benzene rings is 1. The Morgan fingerprint density at radius 2 is 1.74 bits per heavy atom. The maximum absolute atomic E-state index is 11.9. The Morgan fingerprint density at radius 1 is 1.09 bits per heavy atom. The Labute approximate surface area is 136 Å². The number of carbonyl (C=O) groups is 3. The van der Waals surface area contributed by atoms with E-state index in [1.165, 1.54) is 7.11 Å². The van der Waals surface area contributed by atoms with E-state index in [1.807, 2.05) is 44.2 Å². The van der Waals surface area contributed by atoms with Gasteiger partial charge in [0, 0.05) is 0 Å².